The largest absolute Gasteiger partial charge is 0.495 e. The SMILES string of the molecule is CCCNc1cc(C)cc2c1cc(C#CCNc1ccc(S(N)(=O)=O)cc1OC)n2CC(F)(F)F. The van der Waals surface area contributed by atoms with Crippen molar-refractivity contribution in [3.05, 3.63) is 47.7 Å². The van der Waals surface area contributed by atoms with Gasteiger partial charge in [-0.25, -0.2) is 13.6 Å². The van der Waals surface area contributed by atoms with Gasteiger partial charge in [-0.05, 0) is 55.2 Å². The topological polar surface area (TPSA) is 98.4 Å². The number of benzene rings is 2. The van der Waals surface area contributed by atoms with E-state index in [0.29, 0.717) is 23.1 Å². The van der Waals surface area contributed by atoms with Gasteiger partial charge in [0.15, 0.2) is 0 Å². The van der Waals surface area contributed by atoms with Crippen LogP contribution in [0.5, 0.6) is 5.75 Å². The van der Waals surface area contributed by atoms with Gasteiger partial charge in [0.1, 0.15) is 12.3 Å². The van der Waals surface area contributed by atoms with Crippen molar-refractivity contribution in [1.82, 2.24) is 4.57 Å². The fourth-order valence-corrected chi connectivity index (χ4v) is 4.15. The minimum absolute atomic E-state index is 0.0819. The molecule has 7 nitrogen and oxygen atoms in total. The lowest BCUT2D eigenvalue weighted by Crippen LogP contribution is -2.18. The van der Waals surface area contributed by atoms with Gasteiger partial charge in [-0.1, -0.05) is 12.8 Å². The number of methoxy groups -OCH3 is 1. The Bertz CT molecular complexity index is 1390. The van der Waals surface area contributed by atoms with E-state index >= 15 is 0 Å². The number of nitrogens with one attached hydrogen (secondary N) is 2. The third-order valence-corrected chi connectivity index (χ3v) is 6.06. The predicted octanol–water partition coefficient (Wildman–Crippen LogP) is 4.45. The summed E-state index contributed by atoms with van der Waals surface area (Å²) in [7, 11) is -2.52. The van der Waals surface area contributed by atoms with E-state index in [1.54, 1.807) is 12.1 Å². The van der Waals surface area contributed by atoms with E-state index in [9.17, 15) is 21.6 Å². The monoisotopic (exact) mass is 508 g/mol. The number of aryl methyl sites for hydroxylation is 1. The van der Waals surface area contributed by atoms with Gasteiger partial charge in [-0.3, -0.25) is 0 Å². The van der Waals surface area contributed by atoms with Gasteiger partial charge in [0.05, 0.1) is 35.4 Å². The maximum atomic E-state index is 13.4. The van der Waals surface area contributed by atoms with Crippen LogP contribution in [0.4, 0.5) is 24.5 Å². The van der Waals surface area contributed by atoms with E-state index in [1.807, 2.05) is 19.9 Å². The predicted molar refractivity (Wildman–Crippen MR) is 131 cm³/mol. The maximum absolute atomic E-state index is 13.4. The zero-order valence-corrected chi connectivity index (χ0v) is 20.4. The normalized spacial score (nSPS) is 11.7. The number of halogens is 3. The van der Waals surface area contributed by atoms with Crippen LogP contribution in [0.25, 0.3) is 10.9 Å². The van der Waals surface area contributed by atoms with E-state index in [0.717, 1.165) is 17.7 Å². The van der Waals surface area contributed by atoms with E-state index in [1.165, 1.54) is 29.9 Å². The third kappa shape index (κ3) is 6.61. The first-order valence-corrected chi connectivity index (χ1v) is 12.4. The molecule has 3 aromatic rings. The minimum Gasteiger partial charge on any atom is -0.495 e. The number of nitrogens with zero attached hydrogens (tertiary/aromatic N) is 1. The lowest BCUT2D eigenvalue weighted by Gasteiger charge is -2.13. The average molecular weight is 509 g/mol. The number of rotatable bonds is 8. The number of anilines is 2. The second-order valence-corrected chi connectivity index (χ2v) is 9.53. The van der Waals surface area contributed by atoms with Crippen LogP contribution in [0, 0.1) is 18.8 Å². The molecule has 0 aliphatic carbocycles. The number of aromatic nitrogens is 1. The molecule has 35 heavy (non-hydrogen) atoms. The van der Waals surface area contributed by atoms with Gasteiger partial charge in [0.2, 0.25) is 10.0 Å². The zero-order valence-electron chi connectivity index (χ0n) is 19.6. The Morgan fingerprint density at radius 1 is 1.11 bits per heavy atom. The van der Waals surface area contributed by atoms with Crippen LogP contribution in [-0.2, 0) is 16.6 Å². The lowest BCUT2D eigenvalue weighted by molar-refractivity contribution is -0.140. The summed E-state index contributed by atoms with van der Waals surface area (Å²) >= 11 is 0. The summed E-state index contributed by atoms with van der Waals surface area (Å²) in [5, 5.41) is 12.1. The molecule has 4 N–H and O–H groups in total. The van der Waals surface area contributed by atoms with Crippen molar-refractivity contribution in [2.45, 2.75) is 37.9 Å². The Balaban J connectivity index is 1.93. The summed E-state index contributed by atoms with van der Waals surface area (Å²) in [6.07, 6.45) is -3.54. The molecule has 0 fully saturated rings. The maximum Gasteiger partial charge on any atom is 0.406 e. The zero-order chi connectivity index (χ0) is 25.8. The number of hydrogen-bond acceptors (Lipinski definition) is 5. The van der Waals surface area contributed by atoms with Crippen molar-refractivity contribution in [1.29, 1.82) is 0 Å². The van der Waals surface area contributed by atoms with Crippen LogP contribution in [-0.4, -0.2) is 39.4 Å². The Morgan fingerprint density at radius 2 is 1.86 bits per heavy atom. The molecular formula is C24H27F3N4O3S. The second kappa shape index (κ2) is 10.5. The second-order valence-electron chi connectivity index (χ2n) is 7.97. The molecule has 0 aliphatic rings. The summed E-state index contributed by atoms with van der Waals surface area (Å²) < 4.78 is 69.6. The van der Waals surface area contributed by atoms with Crippen molar-refractivity contribution in [3.63, 3.8) is 0 Å². The molecular weight excluding hydrogens is 481 g/mol. The van der Waals surface area contributed by atoms with Gasteiger partial charge in [-0.15, -0.1) is 0 Å². The van der Waals surface area contributed by atoms with E-state index < -0.39 is 22.7 Å². The molecule has 2 aromatic carbocycles. The molecule has 0 spiro atoms. The van der Waals surface area contributed by atoms with Crippen LogP contribution in [0.1, 0.15) is 24.6 Å². The number of sulfonamides is 1. The average Bonchev–Trinajstić information content (AvgIpc) is 3.10. The number of alkyl halides is 3. The molecule has 0 saturated carbocycles. The van der Waals surface area contributed by atoms with Crippen molar-refractivity contribution in [2.75, 3.05) is 30.8 Å². The summed E-state index contributed by atoms with van der Waals surface area (Å²) in [6, 6.07) is 9.37. The third-order valence-electron chi connectivity index (χ3n) is 5.15. The fourth-order valence-electron chi connectivity index (χ4n) is 3.63. The summed E-state index contributed by atoms with van der Waals surface area (Å²) in [5.41, 5.74) is 2.77. The van der Waals surface area contributed by atoms with E-state index in [4.69, 9.17) is 9.88 Å². The van der Waals surface area contributed by atoms with Gasteiger partial charge in [0, 0.05) is 23.7 Å². The molecule has 0 bridgehead atoms. The van der Waals surface area contributed by atoms with Crippen molar-refractivity contribution in [2.24, 2.45) is 5.14 Å². The van der Waals surface area contributed by atoms with Crippen LogP contribution >= 0.6 is 0 Å². The first kappa shape index (κ1) is 26.2. The highest BCUT2D eigenvalue weighted by molar-refractivity contribution is 7.89. The molecule has 1 heterocycles. The molecule has 0 unspecified atom stereocenters. The van der Waals surface area contributed by atoms with Gasteiger partial charge in [0.25, 0.3) is 0 Å². The van der Waals surface area contributed by atoms with Crippen LogP contribution in [0.3, 0.4) is 0 Å². The highest BCUT2D eigenvalue weighted by atomic mass is 32.2. The van der Waals surface area contributed by atoms with Crippen molar-refractivity contribution >= 4 is 32.3 Å². The van der Waals surface area contributed by atoms with Gasteiger partial charge < -0.3 is 19.9 Å². The van der Waals surface area contributed by atoms with Gasteiger partial charge in [-0.2, -0.15) is 13.2 Å². The quantitative estimate of drug-likeness (QED) is 0.391. The Morgan fingerprint density at radius 3 is 2.49 bits per heavy atom. The molecule has 1 aromatic heterocycles. The number of fused-ring (bicyclic) bond motifs is 1. The minimum atomic E-state index is -4.42. The van der Waals surface area contributed by atoms with Gasteiger partial charge >= 0.3 is 6.18 Å². The first-order chi connectivity index (χ1) is 16.4. The molecule has 0 saturated heterocycles. The standard InChI is InChI=1S/C24H27F3N4O3S/c1-4-9-29-21-11-16(2)12-22-19(21)13-17(31(22)15-24(25,26)27)6-5-10-30-20-8-7-18(35(28,32)33)14-23(20)34-3/h7-8,11-14,29-30H,4,9-10,15H2,1-3H3,(H2,28,32,33). The highest BCUT2D eigenvalue weighted by Gasteiger charge is 2.30. The molecule has 0 aliphatic heterocycles. The van der Waals surface area contributed by atoms with E-state index in [2.05, 4.69) is 22.5 Å². The number of nitrogens with two attached hydrogens (primary N) is 1. The summed E-state index contributed by atoms with van der Waals surface area (Å²) in [4.78, 5) is -0.106. The Labute approximate surface area is 202 Å². The number of ether oxygens (including phenoxy) is 1. The molecule has 0 atom stereocenters. The Hall–Kier alpha value is -3.36. The van der Waals surface area contributed by atoms with E-state index in [-0.39, 0.29) is 22.9 Å². The number of primary sulfonamides is 1. The van der Waals surface area contributed by atoms with Crippen LogP contribution in [0.2, 0.25) is 0 Å². The molecule has 11 heteroatoms. The molecule has 188 valence electrons. The molecule has 0 radical (unpaired) electrons. The number of hydrogen-bond donors (Lipinski definition) is 3. The van der Waals surface area contributed by atoms with Crippen molar-refractivity contribution < 1.29 is 26.3 Å². The summed E-state index contributed by atoms with van der Waals surface area (Å²) in [5.74, 6) is 5.92. The lowest BCUT2D eigenvalue weighted by atomic mass is 10.1. The highest BCUT2D eigenvalue weighted by Crippen LogP contribution is 2.31. The molecule has 0 amide bonds. The summed E-state index contributed by atoms with van der Waals surface area (Å²) in [6.45, 7) is 3.47. The first-order valence-electron chi connectivity index (χ1n) is 10.8. The van der Waals surface area contributed by atoms with Crippen molar-refractivity contribution in [3.8, 4) is 17.6 Å². The fraction of sp³-hybridized carbons (Fsp3) is 0.333. The molecule has 3 rings (SSSR count). The van der Waals surface area contributed by atoms with Crippen LogP contribution in [0.15, 0.2) is 41.3 Å². The smallest absolute Gasteiger partial charge is 0.406 e. The van der Waals surface area contributed by atoms with Crippen LogP contribution < -0.4 is 20.5 Å². The Kier molecular flexibility index (Phi) is 7.87.